The lowest BCUT2D eigenvalue weighted by molar-refractivity contribution is -0.137. The van der Waals surface area contributed by atoms with E-state index in [4.69, 9.17) is 10.8 Å². The standard InChI is InChI=1S/C14H26N2O4/c1-13(2)5-7-14(20,8-6-13)9-16-12(19)10(15)3-4-11(17)18/h10,20H,3-9,15H2,1-2H3,(H,16,19)(H,17,18). The summed E-state index contributed by atoms with van der Waals surface area (Å²) in [5.74, 6) is -1.37. The largest absolute Gasteiger partial charge is 0.481 e. The molecule has 0 saturated heterocycles. The van der Waals surface area contributed by atoms with Gasteiger partial charge in [-0.1, -0.05) is 13.8 Å². The Morgan fingerprint density at radius 1 is 1.25 bits per heavy atom. The number of carboxylic acid groups (broad SMARTS) is 1. The van der Waals surface area contributed by atoms with E-state index in [1.54, 1.807) is 0 Å². The molecule has 1 unspecified atom stereocenters. The molecule has 1 atom stereocenters. The highest BCUT2D eigenvalue weighted by molar-refractivity contribution is 5.82. The van der Waals surface area contributed by atoms with Gasteiger partial charge in [0.2, 0.25) is 5.91 Å². The van der Waals surface area contributed by atoms with Crippen LogP contribution < -0.4 is 11.1 Å². The maximum atomic E-state index is 11.7. The fraction of sp³-hybridized carbons (Fsp3) is 0.857. The molecule has 116 valence electrons. The van der Waals surface area contributed by atoms with Crippen LogP contribution in [0.4, 0.5) is 0 Å². The first-order chi connectivity index (χ1) is 9.14. The molecular weight excluding hydrogens is 260 g/mol. The summed E-state index contributed by atoms with van der Waals surface area (Å²) in [5.41, 5.74) is 4.99. The number of amides is 1. The number of rotatable bonds is 6. The Bertz CT molecular complexity index is 358. The van der Waals surface area contributed by atoms with Crippen LogP contribution in [0.15, 0.2) is 0 Å². The molecule has 0 aromatic carbocycles. The second-order valence-electron chi connectivity index (χ2n) is 6.65. The summed E-state index contributed by atoms with van der Waals surface area (Å²) in [4.78, 5) is 22.1. The first kappa shape index (κ1) is 16.9. The van der Waals surface area contributed by atoms with Crippen LogP contribution in [0.5, 0.6) is 0 Å². The lowest BCUT2D eigenvalue weighted by Gasteiger charge is -2.40. The molecule has 1 amide bonds. The van der Waals surface area contributed by atoms with Crippen molar-refractivity contribution >= 4 is 11.9 Å². The summed E-state index contributed by atoms with van der Waals surface area (Å²) in [5, 5.41) is 21.6. The third-order valence-electron chi connectivity index (χ3n) is 4.13. The van der Waals surface area contributed by atoms with Gasteiger partial charge in [0.25, 0.3) is 0 Å². The third kappa shape index (κ3) is 5.46. The van der Waals surface area contributed by atoms with Crippen LogP contribution in [-0.2, 0) is 9.59 Å². The minimum absolute atomic E-state index is 0.104. The van der Waals surface area contributed by atoms with Crippen molar-refractivity contribution in [1.82, 2.24) is 5.32 Å². The van der Waals surface area contributed by atoms with Gasteiger partial charge in [-0.15, -0.1) is 0 Å². The molecule has 1 aliphatic rings. The van der Waals surface area contributed by atoms with Crippen LogP contribution in [0.2, 0.25) is 0 Å². The van der Waals surface area contributed by atoms with Crippen molar-refractivity contribution in [3.63, 3.8) is 0 Å². The van der Waals surface area contributed by atoms with Gasteiger partial charge in [0.15, 0.2) is 0 Å². The van der Waals surface area contributed by atoms with Gasteiger partial charge >= 0.3 is 5.97 Å². The quantitative estimate of drug-likeness (QED) is 0.572. The number of hydrogen-bond donors (Lipinski definition) is 4. The van der Waals surface area contributed by atoms with E-state index in [-0.39, 0.29) is 24.8 Å². The number of carbonyl (C=O) groups is 2. The number of aliphatic carboxylic acids is 1. The maximum absolute atomic E-state index is 11.7. The van der Waals surface area contributed by atoms with Gasteiger partial charge in [-0.3, -0.25) is 9.59 Å². The number of carbonyl (C=O) groups excluding carboxylic acids is 1. The third-order valence-corrected chi connectivity index (χ3v) is 4.13. The lowest BCUT2D eigenvalue weighted by atomic mass is 9.71. The summed E-state index contributed by atoms with van der Waals surface area (Å²) in [7, 11) is 0. The summed E-state index contributed by atoms with van der Waals surface area (Å²) in [6.07, 6.45) is 3.13. The van der Waals surface area contributed by atoms with Gasteiger partial charge in [-0.05, 0) is 37.5 Å². The average Bonchev–Trinajstić information content (AvgIpc) is 2.37. The zero-order valence-electron chi connectivity index (χ0n) is 12.3. The predicted octanol–water partition coefficient (Wildman–Crippen LogP) is 0.626. The van der Waals surface area contributed by atoms with E-state index in [1.165, 1.54) is 0 Å². The van der Waals surface area contributed by atoms with Gasteiger partial charge in [0.05, 0.1) is 11.6 Å². The molecule has 0 bridgehead atoms. The minimum Gasteiger partial charge on any atom is -0.481 e. The van der Waals surface area contributed by atoms with Crippen molar-refractivity contribution in [2.24, 2.45) is 11.1 Å². The monoisotopic (exact) mass is 286 g/mol. The van der Waals surface area contributed by atoms with E-state index >= 15 is 0 Å². The van der Waals surface area contributed by atoms with Gasteiger partial charge in [-0.2, -0.15) is 0 Å². The van der Waals surface area contributed by atoms with E-state index in [2.05, 4.69) is 19.2 Å². The Hall–Kier alpha value is -1.14. The van der Waals surface area contributed by atoms with E-state index < -0.39 is 23.5 Å². The molecule has 1 aliphatic carbocycles. The fourth-order valence-corrected chi connectivity index (χ4v) is 2.36. The van der Waals surface area contributed by atoms with E-state index in [9.17, 15) is 14.7 Å². The van der Waals surface area contributed by atoms with Crippen molar-refractivity contribution in [1.29, 1.82) is 0 Å². The Kier molecular flexibility index (Phi) is 5.53. The van der Waals surface area contributed by atoms with E-state index in [1.807, 2.05) is 0 Å². The van der Waals surface area contributed by atoms with Crippen LogP contribution in [0.25, 0.3) is 0 Å². The van der Waals surface area contributed by atoms with Crippen LogP contribution in [0.3, 0.4) is 0 Å². The normalized spacial score (nSPS) is 22.0. The number of nitrogens with one attached hydrogen (secondary N) is 1. The Labute approximate surface area is 119 Å². The van der Waals surface area contributed by atoms with Crippen molar-refractivity contribution in [2.45, 2.75) is 64.0 Å². The highest BCUT2D eigenvalue weighted by Crippen LogP contribution is 2.39. The van der Waals surface area contributed by atoms with Gasteiger partial charge in [0.1, 0.15) is 0 Å². The van der Waals surface area contributed by atoms with Crippen molar-refractivity contribution in [3.05, 3.63) is 0 Å². The number of hydrogen-bond acceptors (Lipinski definition) is 4. The molecule has 5 N–H and O–H groups in total. The number of nitrogens with two attached hydrogens (primary N) is 1. The van der Waals surface area contributed by atoms with Crippen molar-refractivity contribution in [2.75, 3.05) is 6.54 Å². The summed E-state index contributed by atoms with van der Waals surface area (Å²) in [6.45, 7) is 4.53. The Morgan fingerprint density at radius 2 is 1.80 bits per heavy atom. The van der Waals surface area contributed by atoms with Crippen LogP contribution in [0, 0.1) is 5.41 Å². The molecule has 1 rings (SSSR count). The van der Waals surface area contributed by atoms with Gasteiger partial charge in [0, 0.05) is 13.0 Å². The lowest BCUT2D eigenvalue weighted by Crippen LogP contribution is -2.50. The molecule has 0 radical (unpaired) electrons. The highest BCUT2D eigenvalue weighted by Gasteiger charge is 2.36. The SMILES string of the molecule is CC1(C)CCC(O)(CNC(=O)C(N)CCC(=O)O)CC1. The van der Waals surface area contributed by atoms with Crippen molar-refractivity contribution in [3.8, 4) is 0 Å². The number of carboxylic acids is 1. The van der Waals surface area contributed by atoms with Gasteiger partial charge in [-0.25, -0.2) is 0 Å². The van der Waals surface area contributed by atoms with Crippen LogP contribution in [0.1, 0.15) is 52.4 Å². The molecule has 6 heteroatoms. The molecule has 0 aromatic rings. The molecule has 0 aromatic heterocycles. The highest BCUT2D eigenvalue weighted by atomic mass is 16.4. The predicted molar refractivity (Wildman–Crippen MR) is 75.1 cm³/mol. The molecule has 1 fully saturated rings. The minimum atomic E-state index is -0.971. The second kappa shape index (κ2) is 6.54. The summed E-state index contributed by atoms with van der Waals surface area (Å²) < 4.78 is 0. The van der Waals surface area contributed by atoms with E-state index in [0.717, 1.165) is 12.8 Å². The smallest absolute Gasteiger partial charge is 0.303 e. The average molecular weight is 286 g/mol. The zero-order chi connectivity index (χ0) is 15.4. The maximum Gasteiger partial charge on any atom is 0.303 e. The molecule has 20 heavy (non-hydrogen) atoms. The molecular formula is C14H26N2O4. The van der Waals surface area contributed by atoms with Crippen LogP contribution in [-0.4, -0.2) is 40.3 Å². The molecule has 6 nitrogen and oxygen atoms in total. The summed E-state index contributed by atoms with van der Waals surface area (Å²) in [6, 6.07) is -0.838. The molecule has 0 heterocycles. The first-order valence-corrected chi connectivity index (χ1v) is 7.11. The van der Waals surface area contributed by atoms with Gasteiger partial charge < -0.3 is 21.3 Å². The molecule has 0 aliphatic heterocycles. The van der Waals surface area contributed by atoms with Crippen LogP contribution >= 0.6 is 0 Å². The number of aliphatic hydroxyl groups is 1. The Morgan fingerprint density at radius 3 is 2.30 bits per heavy atom. The summed E-state index contributed by atoms with van der Waals surface area (Å²) >= 11 is 0. The topological polar surface area (TPSA) is 113 Å². The first-order valence-electron chi connectivity index (χ1n) is 7.11. The molecule has 1 saturated carbocycles. The molecule has 0 spiro atoms. The second-order valence-corrected chi connectivity index (χ2v) is 6.65. The zero-order valence-corrected chi connectivity index (χ0v) is 12.3. The van der Waals surface area contributed by atoms with E-state index in [0.29, 0.717) is 12.8 Å². The van der Waals surface area contributed by atoms with Crippen molar-refractivity contribution < 1.29 is 19.8 Å². The Balaban J connectivity index is 2.35. The fourth-order valence-electron chi connectivity index (χ4n) is 2.36.